The van der Waals surface area contributed by atoms with Crippen molar-refractivity contribution in [2.45, 2.75) is 19.9 Å². The monoisotopic (exact) mass is 218 g/mol. The number of nitrogen functional groups attached to an aromatic ring is 1. The Hall–Kier alpha value is -2.04. The lowest BCUT2D eigenvalue weighted by atomic mass is 10.1. The van der Waals surface area contributed by atoms with Crippen molar-refractivity contribution in [3.8, 4) is 0 Å². The highest BCUT2D eigenvalue weighted by atomic mass is 16.1. The van der Waals surface area contributed by atoms with Crippen LogP contribution in [-0.2, 0) is 0 Å². The molecule has 0 saturated heterocycles. The zero-order valence-corrected chi connectivity index (χ0v) is 9.27. The summed E-state index contributed by atoms with van der Waals surface area (Å²) in [6.07, 6.45) is 3.41. The summed E-state index contributed by atoms with van der Waals surface area (Å²) in [5.74, 6) is 0.422. The Balaban J connectivity index is 2.46. The number of aromatic nitrogens is 3. The zero-order valence-electron chi connectivity index (χ0n) is 9.27. The van der Waals surface area contributed by atoms with E-state index >= 15 is 0 Å². The molecule has 0 aliphatic heterocycles. The average Bonchev–Trinajstić information content (AvgIpc) is 2.57. The van der Waals surface area contributed by atoms with Gasteiger partial charge in [0.2, 0.25) is 0 Å². The molecule has 1 atom stereocenters. The van der Waals surface area contributed by atoms with Crippen molar-refractivity contribution in [2.75, 3.05) is 5.73 Å². The number of aromatic amines is 1. The van der Waals surface area contributed by atoms with Crippen molar-refractivity contribution in [1.29, 1.82) is 0 Å². The first-order chi connectivity index (χ1) is 7.61. The van der Waals surface area contributed by atoms with E-state index < -0.39 is 0 Å². The largest absolute Gasteiger partial charge is 0.384 e. The van der Waals surface area contributed by atoms with Crippen molar-refractivity contribution in [2.24, 2.45) is 0 Å². The van der Waals surface area contributed by atoms with Crippen LogP contribution in [0, 0.1) is 6.92 Å². The molecule has 2 aromatic rings. The van der Waals surface area contributed by atoms with Gasteiger partial charge in [0, 0.05) is 12.4 Å². The maximum absolute atomic E-state index is 11.8. The quantitative estimate of drug-likeness (QED) is 0.791. The van der Waals surface area contributed by atoms with Crippen LogP contribution in [-0.4, -0.2) is 14.8 Å². The molecule has 2 aromatic heterocycles. The lowest BCUT2D eigenvalue weighted by Crippen LogP contribution is -2.22. The van der Waals surface area contributed by atoms with Gasteiger partial charge in [0.25, 0.3) is 5.56 Å². The molecule has 2 heterocycles. The Kier molecular flexibility index (Phi) is 2.52. The number of rotatable bonds is 2. The summed E-state index contributed by atoms with van der Waals surface area (Å²) in [4.78, 5) is 15.8. The molecular weight excluding hydrogens is 204 g/mol. The minimum absolute atomic E-state index is 0.0773. The standard InChI is InChI=1S/C11H14N4O/c1-7-10(12)14-15(11(7)16)8(2)9-3-5-13-6-4-9/h3-6,8,14H,12H2,1-2H3. The van der Waals surface area contributed by atoms with E-state index in [1.54, 1.807) is 19.3 Å². The fraction of sp³-hybridized carbons (Fsp3) is 0.273. The fourth-order valence-corrected chi connectivity index (χ4v) is 1.62. The molecule has 0 aliphatic rings. The van der Waals surface area contributed by atoms with Gasteiger partial charge in [0.05, 0.1) is 11.6 Å². The van der Waals surface area contributed by atoms with Gasteiger partial charge in [-0.05, 0) is 31.5 Å². The smallest absolute Gasteiger partial charge is 0.272 e. The molecular formula is C11H14N4O. The second-order valence-electron chi connectivity index (χ2n) is 3.78. The third-order valence-electron chi connectivity index (χ3n) is 2.76. The number of hydrogen-bond acceptors (Lipinski definition) is 3. The van der Waals surface area contributed by atoms with E-state index in [9.17, 15) is 4.79 Å². The SMILES string of the molecule is Cc1c(N)[nH]n(C(C)c2ccncc2)c1=O. The van der Waals surface area contributed by atoms with Crippen LogP contribution in [0.25, 0.3) is 0 Å². The highest BCUT2D eigenvalue weighted by Crippen LogP contribution is 2.15. The lowest BCUT2D eigenvalue weighted by molar-refractivity contribution is 0.548. The van der Waals surface area contributed by atoms with Gasteiger partial charge >= 0.3 is 0 Å². The van der Waals surface area contributed by atoms with Crippen LogP contribution in [0.3, 0.4) is 0 Å². The number of nitrogens with zero attached hydrogens (tertiary/aromatic N) is 2. The lowest BCUT2D eigenvalue weighted by Gasteiger charge is -2.12. The van der Waals surface area contributed by atoms with E-state index in [-0.39, 0.29) is 11.6 Å². The third-order valence-corrected chi connectivity index (χ3v) is 2.76. The van der Waals surface area contributed by atoms with Gasteiger partial charge in [-0.3, -0.25) is 14.9 Å². The summed E-state index contributed by atoms with van der Waals surface area (Å²) in [5, 5.41) is 2.87. The molecule has 16 heavy (non-hydrogen) atoms. The third kappa shape index (κ3) is 1.60. The molecule has 3 N–H and O–H groups in total. The van der Waals surface area contributed by atoms with Crippen LogP contribution in [0.4, 0.5) is 5.82 Å². The molecule has 84 valence electrons. The van der Waals surface area contributed by atoms with E-state index in [1.807, 2.05) is 19.1 Å². The number of pyridine rings is 1. The van der Waals surface area contributed by atoms with Gasteiger partial charge in [-0.15, -0.1) is 0 Å². The van der Waals surface area contributed by atoms with E-state index in [0.717, 1.165) is 5.56 Å². The Morgan fingerprint density at radius 3 is 2.56 bits per heavy atom. The molecule has 5 heteroatoms. The Morgan fingerprint density at radius 1 is 1.44 bits per heavy atom. The first-order valence-corrected chi connectivity index (χ1v) is 5.07. The molecule has 0 fully saturated rings. The van der Waals surface area contributed by atoms with Crippen LogP contribution < -0.4 is 11.3 Å². The van der Waals surface area contributed by atoms with Crippen molar-refractivity contribution in [1.82, 2.24) is 14.8 Å². The molecule has 0 aromatic carbocycles. The van der Waals surface area contributed by atoms with Crippen molar-refractivity contribution in [3.05, 3.63) is 46.0 Å². The van der Waals surface area contributed by atoms with Gasteiger partial charge in [0.1, 0.15) is 5.82 Å². The summed E-state index contributed by atoms with van der Waals surface area (Å²) >= 11 is 0. The molecule has 1 unspecified atom stereocenters. The minimum Gasteiger partial charge on any atom is -0.384 e. The molecule has 0 amide bonds. The summed E-state index contributed by atoms with van der Waals surface area (Å²) < 4.78 is 1.53. The number of nitrogens with two attached hydrogens (primary N) is 1. The predicted octanol–water partition coefficient (Wildman–Crippen LogP) is 1.07. The molecule has 5 nitrogen and oxygen atoms in total. The van der Waals surface area contributed by atoms with Crippen molar-refractivity contribution >= 4 is 5.82 Å². The maximum atomic E-state index is 11.8. The highest BCUT2D eigenvalue weighted by molar-refractivity contribution is 5.36. The van der Waals surface area contributed by atoms with Gasteiger partial charge < -0.3 is 5.73 Å². The number of anilines is 1. The fourth-order valence-electron chi connectivity index (χ4n) is 1.62. The predicted molar refractivity (Wildman–Crippen MR) is 62.3 cm³/mol. The van der Waals surface area contributed by atoms with Gasteiger partial charge in [-0.2, -0.15) is 0 Å². The topological polar surface area (TPSA) is 76.7 Å². The summed E-state index contributed by atoms with van der Waals surface area (Å²) in [6.45, 7) is 3.65. The van der Waals surface area contributed by atoms with Crippen molar-refractivity contribution < 1.29 is 0 Å². The van der Waals surface area contributed by atoms with Crippen LogP contribution in [0.5, 0.6) is 0 Å². The Bertz CT molecular complexity index is 541. The second kappa shape index (κ2) is 3.84. The Labute approximate surface area is 92.9 Å². The van der Waals surface area contributed by atoms with E-state index in [2.05, 4.69) is 10.1 Å². The first kappa shape index (κ1) is 10.5. The van der Waals surface area contributed by atoms with Crippen molar-refractivity contribution in [3.63, 3.8) is 0 Å². The second-order valence-corrected chi connectivity index (χ2v) is 3.78. The first-order valence-electron chi connectivity index (χ1n) is 5.07. The summed E-state index contributed by atoms with van der Waals surface area (Å²) in [7, 11) is 0. The molecule has 0 aliphatic carbocycles. The van der Waals surface area contributed by atoms with Crippen LogP contribution in [0.1, 0.15) is 24.1 Å². The molecule has 0 saturated carbocycles. The summed E-state index contributed by atoms with van der Waals surface area (Å²) in [5.41, 5.74) is 7.16. The van der Waals surface area contributed by atoms with E-state index in [4.69, 9.17) is 5.73 Å². The van der Waals surface area contributed by atoms with E-state index in [0.29, 0.717) is 11.4 Å². The summed E-state index contributed by atoms with van der Waals surface area (Å²) in [6, 6.07) is 3.68. The van der Waals surface area contributed by atoms with Crippen LogP contribution >= 0.6 is 0 Å². The molecule has 0 bridgehead atoms. The number of nitrogens with one attached hydrogen (secondary N) is 1. The Morgan fingerprint density at radius 2 is 2.06 bits per heavy atom. The number of hydrogen-bond donors (Lipinski definition) is 2. The maximum Gasteiger partial charge on any atom is 0.272 e. The van der Waals surface area contributed by atoms with Gasteiger partial charge in [-0.25, -0.2) is 4.68 Å². The minimum atomic E-state index is -0.0817. The van der Waals surface area contributed by atoms with E-state index in [1.165, 1.54) is 4.68 Å². The zero-order chi connectivity index (χ0) is 11.7. The molecule has 0 radical (unpaired) electrons. The molecule has 0 spiro atoms. The highest BCUT2D eigenvalue weighted by Gasteiger charge is 2.14. The van der Waals surface area contributed by atoms with Gasteiger partial charge in [-0.1, -0.05) is 0 Å². The molecule has 2 rings (SSSR count). The average molecular weight is 218 g/mol. The van der Waals surface area contributed by atoms with Crippen LogP contribution in [0.15, 0.2) is 29.3 Å². The van der Waals surface area contributed by atoms with Gasteiger partial charge in [0.15, 0.2) is 0 Å². The normalized spacial score (nSPS) is 12.6. The van der Waals surface area contributed by atoms with Crippen LogP contribution in [0.2, 0.25) is 0 Å². The number of H-pyrrole nitrogens is 1.